The van der Waals surface area contributed by atoms with Gasteiger partial charge in [-0.1, -0.05) is 70.8 Å². The van der Waals surface area contributed by atoms with E-state index in [-0.39, 0.29) is 5.78 Å². The zero-order valence-corrected chi connectivity index (χ0v) is 14.4. The van der Waals surface area contributed by atoms with Crippen LogP contribution in [0.5, 0.6) is 0 Å². The van der Waals surface area contributed by atoms with Gasteiger partial charge in [0.25, 0.3) is 0 Å². The summed E-state index contributed by atoms with van der Waals surface area (Å²) in [4.78, 5) is 11.1. The van der Waals surface area contributed by atoms with Crippen molar-refractivity contribution in [3.05, 3.63) is 35.4 Å². The van der Waals surface area contributed by atoms with Gasteiger partial charge in [-0.2, -0.15) is 13.2 Å². The van der Waals surface area contributed by atoms with Crippen molar-refractivity contribution in [3.63, 3.8) is 0 Å². The Labute approximate surface area is 133 Å². The van der Waals surface area contributed by atoms with E-state index in [4.69, 9.17) is 0 Å². The molecule has 0 bridgehead atoms. The predicted molar refractivity (Wildman–Crippen MR) is 80.3 cm³/mol. The van der Waals surface area contributed by atoms with E-state index in [2.05, 4.69) is 31.9 Å². The van der Waals surface area contributed by atoms with Gasteiger partial charge in [0, 0.05) is 5.41 Å². The molecule has 0 saturated carbocycles. The lowest BCUT2D eigenvalue weighted by molar-refractivity contribution is -0.137. The van der Waals surface area contributed by atoms with E-state index < -0.39 is 26.8 Å². The number of benzene rings is 1. The molecule has 0 N–H and O–H groups in total. The van der Waals surface area contributed by atoms with Gasteiger partial charge in [-0.05, 0) is 11.6 Å². The Bertz CT molecular complexity index is 492. The van der Waals surface area contributed by atoms with Crippen LogP contribution in [-0.2, 0) is 11.0 Å². The van der Waals surface area contributed by atoms with Crippen LogP contribution in [-0.4, -0.2) is 10.6 Å². The smallest absolute Gasteiger partial charge is 0.298 e. The molecule has 2 atom stereocenters. The Balaban J connectivity index is 3.04. The third-order valence-electron chi connectivity index (χ3n) is 2.78. The molecule has 20 heavy (non-hydrogen) atoms. The summed E-state index contributed by atoms with van der Waals surface area (Å²) in [6.45, 7) is 5.32. The fraction of sp³-hybridized carbons (Fsp3) is 0.500. The quantitative estimate of drug-likeness (QED) is 0.594. The van der Waals surface area contributed by atoms with E-state index in [9.17, 15) is 18.0 Å². The first kappa shape index (κ1) is 17.7. The number of Topliss-reactive ketones (excluding diaryl/α,β-unsaturated/α-hetero) is 1. The predicted octanol–water partition coefficient (Wildman–Crippen LogP) is 5.52. The summed E-state index contributed by atoms with van der Waals surface area (Å²) in [6, 6.07) is 4.98. The van der Waals surface area contributed by atoms with Crippen LogP contribution in [0.4, 0.5) is 13.2 Å². The molecule has 112 valence electrons. The van der Waals surface area contributed by atoms with E-state index in [1.54, 1.807) is 26.8 Å². The summed E-state index contributed by atoms with van der Waals surface area (Å²) in [7, 11) is 0. The van der Waals surface area contributed by atoms with Crippen LogP contribution in [0.3, 0.4) is 0 Å². The molecular formula is C14H15Br2F3O. The second-order valence-corrected chi connectivity index (χ2v) is 7.51. The SMILES string of the molecule is CC(C)(C)C(=O)[C@@H](Br)[C@@H](Br)c1cccc(C(F)(F)F)c1. The Morgan fingerprint density at radius 3 is 2.15 bits per heavy atom. The number of carbonyl (C=O) groups is 1. The molecule has 0 aromatic heterocycles. The maximum absolute atomic E-state index is 12.7. The summed E-state index contributed by atoms with van der Waals surface area (Å²) in [5.41, 5.74) is -0.872. The molecular weight excluding hydrogens is 401 g/mol. The lowest BCUT2D eigenvalue weighted by atomic mass is 9.87. The van der Waals surface area contributed by atoms with Gasteiger partial charge in [0.2, 0.25) is 0 Å². The summed E-state index contributed by atoms with van der Waals surface area (Å²) in [5.74, 6) is -0.0724. The molecule has 1 rings (SSSR count). The summed E-state index contributed by atoms with van der Waals surface area (Å²) >= 11 is 6.59. The first-order valence-electron chi connectivity index (χ1n) is 5.94. The Hall–Kier alpha value is -0.360. The maximum atomic E-state index is 12.7. The van der Waals surface area contributed by atoms with Gasteiger partial charge >= 0.3 is 6.18 Å². The third-order valence-corrected chi connectivity index (χ3v) is 5.49. The number of ketones is 1. The monoisotopic (exact) mass is 414 g/mol. The van der Waals surface area contributed by atoms with Crippen molar-refractivity contribution < 1.29 is 18.0 Å². The minimum atomic E-state index is -4.39. The Morgan fingerprint density at radius 2 is 1.70 bits per heavy atom. The molecule has 0 unspecified atom stereocenters. The number of alkyl halides is 5. The molecule has 0 saturated heterocycles. The second kappa shape index (κ2) is 6.18. The average Bonchev–Trinajstić information content (AvgIpc) is 2.34. The average molecular weight is 416 g/mol. The van der Waals surface area contributed by atoms with Crippen LogP contribution in [0.15, 0.2) is 24.3 Å². The van der Waals surface area contributed by atoms with Gasteiger partial charge in [0.1, 0.15) is 0 Å². The highest BCUT2D eigenvalue weighted by molar-refractivity contribution is 9.12. The number of carbonyl (C=O) groups excluding carboxylic acids is 1. The van der Waals surface area contributed by atoms with Gasteiger partial charge in [0.15, 0.2) is 5.78 Å². The molecule has 0 fully saturated rings. The maximum Gasteiger partial charge on any atom is 0.416 e. The van der Waals surface area contributed by atoms with E-state index >= 15 is 0 Å². The highest BCUT2D eigenvalue weighted by atomic mass is 79.9. The van der Waals surface area contributed by atoms with E-state index in [1.165, 1.54) is 6.07 Å². The van der Waals surface area contributed by atoms with Crippen LogP contribution >= 0.6 is 31.9 Å². The molecule has 0 radical (unpaired) electrons. The Kier molecular flexibility index (Phi) is 5.46. The lowest BCUT2D eigenvalue weighted by Crippen LogP contribution is -2.31. The fourth-order valence-corrected chi connectivity index (χ4v) is 3.12. The molecule has 0 heterocycles. The van der Waals surface area contributed by atoms with E-state index in [1.807, 2.05) is 0 Å². The van der Waals surface area contributed by atoms with Gasteiger partial charge in [-0.15, -0.1) is 0 Å². The fourth-order valence-electron chi connectivity index (χ4n) is 1.60. The highest BCUT2D eigenvalue weighted by Crippen LogP contribution is 2.38. The van der Waals surface area contributed by atoms with E-state index in [0.717, 1.165) is 12.1 Å². The number of rotatable bonds is 3. The number of hydrogen-bond donors (Lipinski definition) is 0. The molecule has 6 heteroatoms. The first-order valence-corrected chi connectivity index (χ1v) is 7.77. The van der Waals surface area contributed by atoms with Crippen molar-refractivity contribution in [2.45, 2.75) is 36.6 Å². The van der Waals surface area contributed by atoms with Crippen molar-refractivity contribution >= 4 is 37.6 Å². The zero-order chi connectivity index (χ0) is 15.7. The summed E-state index contributed by atoms with van der Waals surface area (Å²) in [5, 5.41) is 0. The Morgan fingerprint density at radius 1 is 1.15 bits per heavy atom. The van der Waals surface area contributed by atoms with Gasteiger partial charge in [-0.25, -0.2) is 0 Å². The minimum absolute atomic E-state index is 0.0724. The molecule has 0 aliphatic heterocycles. The van der Waals surface area contributed by atoms with Crippen molar-refractivity contribution in [1.29, 1.82) is 0 Å². The third kappa shape index (κ3) is 4.32. The summed E-state index contributed by atoms with van der Waals surface area (Å²) < 4.78 is 38.1. The molecule has 1 aromatic rings. The molecule has 0 amide bonds. The number of halogens is 5. The standard InChI is InChI=1S/C14H15Br2F3O/c1-13(2,3)12(20)11(16)10(15)8-5-4-6-9(7-8)14(17,18)19/h4-7,10-11H,1-3H3/t10-,11-/m0/s1. The van der Waals surface area contributed by atoms with Crippen molar-refractivity contribution in [1.82, 2.24) is 0 Å². The molecule has 1 nitrogen and oxygen atoms in total. The van der Waals surface area contributed by atoms with Crippen molar-refractivity contribution in [2.75, 3.05) is 0 Å². The van der Waals surface area contributed by atoms with Gasteiger partial charge in [-0.3, -0.25) is 4.79 Å². The number of hydrogen-bond acceptors (Lipinski definition) is 1. The van der Waals surface area contributed by atoms with Crippen LogP contribution in [0.1, 0.15) is 36.7 Å². The zero-order valence-electron chi connectivity index (χ0n) is 11.3. The lowest BCUT2D eigenvalue weighted by Gasteiger charge is -2.24. The van der Waals surface area contributed by atoms with Gasteiger partial charge in [0.05, 0.1) is 15.2 Å². The van der Waals surface area contributed by atoms with Crippen LogP contribution in [0.25, 0.3) is 0 Å². The van der Waals surface area contributed by atoms with Crippen molar-refractivity contribution in [3.8, 4) is 0 Å². The second-order valence-electron chi connectivity index (χ2n) is 5.54. The van der Waals surface area contributed by atoms with Crippen molar-refractivity contribution in [2.24, 2.45) is 5.41 Å². The molecule has 0 aliphatic carbocycles. The molecule has 0 aliphatic rings. The topological polar surface area (TPSA) is 17.1 Å². The van der Waals surface area contributed by atoms with Gasteiger partial charge < -0.3 is 0 Å². The van der Waals surface area contributed by atoms with Crippen LogP contribution in [0.2, 0.25) is 0 Å². The molecule has 1 aromatic carbocycles. The molecule has 0 spiro atoms. The van der Waals surface area contributed by atoms with Crippen LogP contribution < -0.4 is 0 Å². The van der Waals surface area contributed by atoms with Crippen LogP contribution in [0, 0.1) is 5.41 Å². The van der Waals surface area contributed by atoms with E-state index in [0.29, 0.717) is 5.56 Å². The first-order chi connectivity index (χ1) is 8.94. The highest BCUT2D eigenvalue weighted by Gasteiger charge is 2.35. The summed E-state index contributed by atoms with van der Waals surface area (Å²) in [6.07, 6.45) is -4.39. The largest absolute Gasteiger partial charge is 0.416 e. The normalized spacial score (nSPS) is 15.8. The minimum Gasteiger partial charge on any atom is -0.298 e.